The van der Waals surface area contributed by atoms with E-state index in [0.29, 0.717) is 57.0 Å². The number of piperidine rings is 1. The van der Waals surface area contributed by atoms with Crippen molar-refractivity contribution in [2.75, 3.05) is 32.8 Å². The number of hydrogen-bond donors (Lipinski definition) is 0. The maximum Gasteiger partial charge on any atom is 0.243 e. The zero-order valence-corrected chi connectivity index (χ0v) is 17.7. The molecule has 8 heteroatoms. The molecule has 1 aromatic carbocycles. The Hall–Kier alpha value is -1.95. The van der Waals surface area contributed by atoms with E-state index in [1.165, 1.54) is 4.31 Å². The second kappa shape index (κ2) is 9.70. The van der Waals surface area contributed by atoms with E-state index in [4.69, 9.17) is 10.00 Å². The third kappa shape index (κ3) is 5.16. The number of rotatable bonds is 6. The van der Waals surface area contributed by atoms with Gasteiger partial charge >= 0.3 is 0 Å². The zero-order valence-electron chi connectivity index (χ0n) is 16.9. The topological polar surface area (TPSA) is 90.7 Å². The monoisotopic (exact) mass is 419 g/mol. The lowest BCUT2D eigenvalue weighted by Crippen LogP contribution is -2.49. The highest BCUT2D eigenvalue weighted by Crippen LogP contribution is 2.27. The molecule has 0 unspecified atom stereocenters. The zero-order chi connectivity index (χ0) is 20.9. The molecule has 3 rings (SSSR count). The number of carbonyl (C=O) groups is 1. The van der Waals surface area contributed by atoms with Crippen LogP contribution in [0.2, 0.25) is 0 Å². The van der Waals surface area contributed by atoms with Gasteiger partial charge in [-0.05, 0) is 44.7 Å². The van der Waals surface area contributed by atoms with E-state index in [2.05, 4.69) is 6.07 Å². The number of nitriles is 1. The van der Waals surface area contributed by atoms with E-state index in [9.17, 15) is 13.2 Å². The second-order valence-corrected chi connectivity index (χ2v) is 9.71. The Labute approximate surface area is 173 Å². The average molecular weight is 420 g/mol. The van der Waals surface area contributed by atoms with Crippen LogP contribution in [-0.4, -0.2) is 62.4 Å². The van der Waals surface area contributed by atoms with Crippen molar-refractivity contribution >= 4 is 15.9 Å². The summed E-state index contributed by atoms with van der Waals surface area (Å²) in [5, 5.41) is 8.97. The summed E-state index contributed by atoms with van der Waals surface area (Å²) in [6.45, 7) is 4.30. The molecule has 2 fully saturated rings. The van der Waals surface area contributed by atoms with Crippen molar-refractivity contribution in [1.29, 1.82) is 5.26 Å². The minimum Gasteiger partial charge on any atom is -0.381 e. The van der Waals surface area contributed by atoms with Crippen molar-refractivity contribution in [3.63, 3.8) is 0 Å². The van der Waals surface area contributed by atoms with Crippen LogP contribution >= 0.6 is 0 Å². The van der Waals surface area contributed by atoms with Crippen molar-refractivity contribution < 1.29 is 17.9 Å². The first kappa shape index (κ1) is 21.8. The van der Waals surface area contributed by atoms with Crippen LogP contribution in [-0.2, 0) is 19.6 Å². The minimum absolute atomic E-state index is 0.0551. The fourth-order valence-electron chi connectivity index (χ4n) is 4.08. The van der Waals surface area contributed by atoms with E-state index in [-0.39, 0.29) is 17.9 Å². The molecule has 0 atom stereocenters. The third-order valence-electron chi connectivity index (χ3n) is 5.84. The molecule has 158 valence electrons. The molecule has 0 radical (unpaired) electrons. The maximum atomic E-state index is 13.2. The lowest BCUT2D eigenvalue weighted by atomic mass is 9.94. The van der Waals surface area contributed by atoms with E-state index in [0.717, 1.165) is 18.4 Å². The molecule has 0 spiro atoms. The molecule has 0 N–H and O–H groups in total. The van der Waals surface area contributed by atoms with Gasteiger partial charge in [-0.2, -0.15) is 9.57 Å². The summed E-state index contributed by atoms with van der Waals surface area (Å²) in [5.41, 5.74) is 1.01. The van der Waals surface area contributed by atoms with Gasteiger partial charge < -0.3 is 9.64 Å². The SMILES string of the molecule is Cc1ccc(S(=O)(=O)N2CCC(C(=O)N(CCC#N)C3CCOCC3)CC2)cc1. The van der Waals surface area contributed by atoms with Gasteiger partial charge in [-0.25, -0.2) is 8.42 Å². The second-order valence-electron chi connectivity index (χ2n) is 7.77. The summed E-state index contributed by atoms with van der Waals surface area (Å²) in [6.07, 6.45) is 2.91. The van der Waals surface area contributed by atoms with Gasteiger partial charge in [-0.1, -0.05) is 17.7 Å². The normalized spacial score (nSPS) is 19.6. The number of benzene rings is 1. The van der Waals surface area contributed by atoms with Gasteiger partial charge in [-0.3, -0.25) is 4.79 Å². The predicted molar refractivity (Wildman–Crippen MR) is 108 cm³/mol. The molecule has 1 amide bonds. The molecule has 0 bridgehead atoms. The van der Waals surface area contributed by atoms with Crippen molar-refractivity contribution in [2.45, 2.75) is 50.0 Å². The highest BCUT2D eigenvalue weighted by molar-refractivity contribution is 7.89. The van der Waals surface area contributed by atoms with Gasteiger partial charge in [0.15, 0.2) is 0 Å². The van der Waals surface area contributed by atoms with Crippen molar-refractivity contribution in [3.8, 4) is 6.07 Å². The highest BCUT2D eigenvalue weighted by Gasteiger charge is 2.35. The van der Waals surface area contributed by atoms with Gasteiger partial charge in [-0.15, -0.1) is 0 Å². The molecule has 2 aliphatic rings. The van der Waals surface area contributed by atoms with E-state index in [1.54, 1.807) is 24.3 Å². The summed E-state index contributed by atoms with van der Waals surface area (Å²) in [7, 11) is -3.53. The van der Waals surface area contributed by atoms with Gasteiger partial charge in [0.25, 0.3) is 0 Å². The molecular weight excluding hydrogens is 390 g/mol. The molecule has 0 saturated carbocycles. The number of nitrogens with zero attached hydrogens (tertiary/aromatic N) is 3. The first-order valence-electron chi connectivity index (χ1n) is 10.3. The molecule has 0 aromatic heterocycles. The summed E-state index contributed by atoms with van der Waals surface area (Å²) in [4.78, 5) is 15.3. The standard InChI is InChI=1S/C21H29N3O4S/c1-17-3-5-20(6-4-17)29(26,27)23-13-7-18(8-14-23)21(25)24(12-2-11-22)19-9-15-28-16-10-19/h3-6,18-19H,2,7-10,12-16H2,1H3. The summed E-state index contributed by atoms with van der Waals surface area (Å²) in [6, 6.07) is 9.10. The lowest BCUT2D eigenvalue weighted by molar-refractivity contribution is -0.141. The number of amides is 1. The molecule has 0 aliphatic carbocycles. The summed E-state index contributed by atoms with van der Waals surface area (Å²) in [5.74, 6) is -0.138. The summed E-state index contributed by atoms with van der Waals surface area (Å²) < 4.78 is 32.6. The quantitative estimate of drug-likeness (QED) is 0.706. The number of hydrogen-bond acceptors (Lipinski definition) is 5. The van der Waals surface area contributed by atoms with Gasteiger partial charge in [0.05, 0.1) is 17.4 Å². The van der Waals surface area contributed by atoms with Crippen molar-refractivity contribution in [2.24, 2.45) is 5.92 Å². The van der Waals surface area contributed by atoms with Crippen LogP contribution in [0.5, 0.6) is 0 Å². The van der Waals surface area contributed by atoms with Gasteiger partial charge in [0, 0.05) is 44.8 Å². The summed E-state index contributed by atoms with van der Waals surface area (Å²) >= 11 is 0. The van der Waals surface area contributed by atoms with Crippen LogP contribution in [0, 0.1) is 24.2 Å². The Kier molecular flexibility index (Phi) is 7.28. The van der Waals surface area contributed by atoms with E-state index < -0.39 is 10.0 Å². The molecule has 2 heterocycles. The maximum absolute atomic E-state index is 13.2. The van der Waals surface area contributed by atoms with E-state index in [1.807, 2.05) is 11.8 Å². The third-order valence-corrected chi connectivity index (χ3v) is 7.75. The Morgan fingerprint density at radius 3 is 2.38 bits per heavy atom. The fraction of sp³-hybridized carbons (Fsp3) is 0.619. The molecule has 29 heavy (non-hydrogen) atoms. The Bertz CT molecular complexity index is 834. The van der Waals surface area contributed by atoms with Crippen LogP contribution < -0.4 is 0 Å². The van der Waals surface area contributed by atoms with Crippen LogP contribution in [0.4, 0.5) is 0 Å². The highest BCUT2D eigenvalue weighted by atomic mass is 32.2. The first-order chi connectivity index (χ1) is 13.9. The molecule has 2 aliphatic heterocycles. The Morgan fingerprint density at radius 2 is 1.79 bits per heavy atom. The number of sulfonamides is 1. The Morgan fingerprint density at radius 1 is 1.17 bits per heavy atom. The number of ether oxygens (including phenoxy) is 1. The largest absolute Gasteiger partial charge is 0.381 e. The van der Waals surface area contributed by atoms with E-state index >= 15 is 0 Å². The lowest BCUT2D eigenvalue weighted by Gasteiger charge is -2.38. The van der Waals surface area contributed by atoms with Crippen LogP contribution in [0.25, 0.3) is 0 Å². The van der Waals surface area contributed by atoms with Gasteiger partial charge in [0.2, 0.25) is 15.9 Å². The minimum atomic E-state index is -3.53. The van der Waals surface area contributed by atoms with Crippen molar-refractivity contribution in [3.05, 3.63) is 29.8 Å². The number of carbonyl (C=O) groups excluding carboxylic acids is 1. The van der Waals surface area contributed by atoms with Crippen LogP contribution in [0.1, 0.15) is 37.7 Å². The smallest absolute Gasteiger partial charge is 0.243 e. The first-order valence-corrected chi connectivity index (χ1v) is 11.7. The molecular formula is C21H29N3O4S. The fourth-order valence-corrected chi connectivity index (χ4v) is 5.55. The van der Waals surface area contributed by atoms with Crippen LogP contribution in [0.3, 0.4) is 0 Å². The van der Waals surface area contributed by atoms with Gasteiger partial charge in [0.1, 0.15) is 0 Å². The molecule has 1 aromatic rings. The number of aryl methyl sites for hydroxylation is 1. The van der Waals surface area contributed by atoms with Crippen molar-refractivity contribution in [1.82, 2.24) is 9.21 Å². The Balaban J connectivity index is 1.64. The molecule has 7 nitrogen and oxygen atoms in total. The predicted octanol–water partition coefficient (Wildman–Crippen LogP) is 2.32. The molecule has 2 saturated heterocycles. The average Bonchev–Trinajstić information content (AvgIpc) is 2.75. The van der Waals surface area contributed by atoms with Crippen LogP contribution in [0.15, 0.2) is 29.2 Å².